The van der Waals surface area contributed by atoms with Crippen molar-refractivity contribution >= 4 is 28.4 Å². The van der Waals surface area contributed by atoms with Gasteiger partial charge in [-0.3, -0.25) is 20.2 Å². The van der Waals surface area contributed by atoms with E-state index in [4.69, 9.17) is 11.5 Å². The van der Waals surface area contributed by atoms with Crippen LogP contribution in [0.5, 0.6) is 0 Å². The van der Waals surface area contributed by atoms with Crippen LogP contribution in [-0.4, -0.2) is 22.9 Å². The second-order valence-electron chi connectivity index (χ2n) is 4.43. The van der Waals surface area contributed by atoms with Gasteiger partial charge in [0.05, 0.1) is 9.85 Å². The molecule has 0 atom stereocenters. The number of nitrogens with two attached hydrogens (primary N) is 2. The highest BCUT2D eigenvalue weighted by Gasteiger charge is 2.46. The fourth-order valence-electron chi connectivity index (χ4n) is 2.27. The highest BCUT2D eigenvalue weighted by molar-refractivity contribution is 5.93. The van der Waals surface area contributed by atoms with E-state index in [-0.39, 0.29) is 13.1 Å². The molecular weight excluding hydrogens is 323 g/mol. The zero-order chi connectivity index (χ0) is 18.1. The Morgan fingerprint density at radius 2 is 1.43 bits per heavy atom. The third-order valence-electron chi connectivity index (χ3n) is 3.22. The van der Waals surface area contributed by atoms with Gasteiger partial charge < -0.3 is 16.4 Å². The molecule has 128 valence electrons. The van der Waals surface area contributed by atoms with Gasteiger partial charge in [-0.25, -0.2) is 0 Å². The number of nitro benzene ring substituents is 2. The van der Waals surface area contributed by atoms with Crippen molar-refractivity contribution < 1.29 is 23.0 Å². The minimum atomic E-state index is -5.13. The summed E-state index contributed by atoms with van der Waals surface area (Å²) >= 11 is 0. The zero-order valence-corrected chi connectivity index (χ0v) is 12.2. The first-order valence-corrected chi connectivity index (χ1v) is 6.34. The lowest BCUT2D eigenvalue weighted by Gasteiger charge is -2.26. The summed E-state index contributed by atoms with van der Waals surface area (Å²) in [6.45, 7) is 2.91. The average Bonchev–Trinajstić information content (AvgIpc) is 2.37. The topological polar surface area (TPSA) is 142 Å². The van der Waals surface area contributed by atoms with Gasteiger partial charge >= 0.3 is 17.6 Å². The number of halogens is 3. The first-order chi connectivity index (χ1) is 10.5. The number of anilines is 3. The third kappa shape index (κ3) is 3.05. The first-order valence-electron chi connectivity index (χ1n) is 6.34. The molecule has 9 nitrogen and oxygen atoms in total. The molecule has 0 unspecified atom stereocenters. The zero-order valence-electron chi connectivity index (χ0n) is 12.2. The lowest BCUT2D eigenvalue weighted by atomic mass is 10.0. The maximum atomic E-state index is 13.4. The van der Waals surface area contributed by atoms with E-state index < -0.39 is 50.0 Å². The van der Waals surface area contributed by atoms with E-state index in [9.17, 15) is 33.4 Å². The smallest absolute Gasteiger partial charge is 0.393 e. The largest absolute Gasteiger partial charge is 0.420 e. The Morgan fingerprint density at radius 3 is 1.74 bits per heavy atom. The fourth-order valence-corrected chi connectivity index (χ4v) is 2.27. The van der Waals surface area contributed by atoms with Crippen molar-refractivity contribution in [3.05, 3.63) is 25.8 Å². The van der Waals surface area contributed by atoms with Crippen molar-refractivity contribution in [3.8, 4) is 0 Å². The highest BCUT2D eigenvalue weighted by Crippen LogP contribution is 2.52. The van der Waals surface area contributed by atoms with Crippen LogP contribution in [0, 0.1) is 20.2 Å². The first kappa shape index (κ1) is 18.3. The second kappa shape index (κ2) is 6.14. The molecule has 0 aliphatic heterocycles. The normalized spacial score (nSPS) is 11.3. The number of hydrogen-bond acceptors (Lipinski definition) is 7. The fraction of sp³-hybridized carbons (Fsp3) is 0.455. The predicted octanol–water partition coefficient (Wildman–Crippen LogP) is 2.53. The minimum Gasteiger partial charge on any atom is -0.393 e. The average molecular weight is 337 g/mol. The van der Waals surface area contributed by atoms with Crippen LogP contribution in [0.2, 0.25) is 0 Å². The Bertz CT molecular complexity index is 658. The maximum Gasteiger partial charge on any atom is 0.420 e. The monoisotopic (exact) mass is 337 g/mol. The van der Waals surface area contributed by atoms with Crippen molar-refractivity contribution in [2.75, 3.05) is 29.5 Å². The van der Waals surface area contributed by atoms with Gasteiger partial charge in [-0.1, -0.05) is 0 Å². The molecule has 0 heterocycles. The van der Waals surface area contributed by atoms with Crippen molar-refractivity contribution in [3.63, 3.8) is 0 Å². The van der Waals surface area contributed by atoms with E-state index in [0.29, 0.717) is 0 Å². The number of nitro groups is 2. The van der Waals surface area contributed by atoms with Gasteiger partial charge in [0.25, 0.3) is 0 Å². The van der Waals surface area contributed by atoms with Gasteiger partial charge in [-0.15, -0.1) is 0 Å². The van der Waals surface area contributed by atoms with Gasteiger partial charge in [0, 0.05) is 13.1 Å². The van der Waals surface area contributed by atoms with Crippen molar-refractivity contribution in [1.29, 1.82) is 0 Å². The summed E-state index contributed by atoms with van der Waals surface area (Å²) < 4.78 is 40.1. The van der Waals surface area contributed by atoms with E-state index in [2.05, 4.69) is 0 Å². The lowest BCUT2D eigenvalue weighted by Crippen LogP contribution is -2.28. The highest BCUT2D eigenvalue weighted by atomic mass is 19.4. The molecule has 0 radical (unpaired) electrons. The number of benzene rings is 1. The number of alkyl halides is 3. The lowest BCUT2D eigenvalue weighted by molar-refractivity contribution is -0.391. The summed E-state index contributed by atoms with van der Waals surface area (Å²) in [5.41, 5.74) is 3.44. The SMILES string of the molecule is CCN(CC)c1c([N+](=O)[O-])c(N)c([N+](=O)[O-])c(N)c1C(F)(F)F. The Balaban J connectivity index is 4.13. The molecule has 0 spiro atoms. The van der Waals surface area contributed by atoms with Crippen LogP contribution in [0.15, 0.2) is 0 Å². The number of hydrogen-bond donors (Lipinski definition) is 2. The van der Waals surface area contributed by atoms with Gasteiger partial charge in [-0.2, -0.15) is 13.2 Å². The van der Waals surface area contributed by atoms with E-state index in [0.717, 1.165) is 4.90 Å². The predicted molar refractivity (Wildman–Crippen MR) is 77.1 cm³/mol. The van der Waals surface area contributed by atoms with Crippen LogP contribution in [0.1, 0.15) is 19.4 Å². The number of rotatable bonds is 5. The third-order valence-corrected chi connectivity index (χ3v) is 3.22. The van der Waals surface area contributed by atoms with Crippen molar-refractivity contribution in [2.45, 2.75) is 20.0 Å². The molecule has 12 heteroatoms. The summed E-state index contributed by atoms with van der Waals surface area (Å²) in [5, 5.41) is 22.2. The van der Waals surface area contributed by atoms with Gasteiger partial charge in [0.1, 0.15) is 16.9 Å². The molecule has 1 aromatic carbocycles. The summed E-state index contributed by atoms with van der Waals surface area (Å²) in [6, 6.07) is 0. The van der Waals surface area contributed by atoms with E-state index in [1.807, 2.05) is 0 Å². The summed E-state index contributed by atoms with van der Waals surface area (Å²) in [7, 11) is 0. The second-order valence-corrected chi connectivity index (χ2v) is 4.43. The molecule has 0 aliphatic rings. The molecule has 23 heavy (non-hydrogen) atoms. The van der Waals surface area contributed by atoms with Crippen LogP contribution in [-0.2, 0) is 6.18 Å². The summed E-state index contributed by atoms with van der Waals surface area (Å²) in [6.07, 6.45) is -5.13. The van der Waals surface area contributed by atoms with Gasteiger partial charge in [-0.05, 0) is 13.8 Å². The van der Waals surface area contributed by atoms with E-state index in [1.165, 1.54) is 13.8 Å². The number of nitrogens with zero attached hydrogens (tertiary/aromatic N) is 3. The van der Waals surface area contributed by atoms with Gasteiger partial charge in [0.15, 0.2) is 5.69 Å². The van der Waals surface area contributed by atoms with Crippen LogP contribution >= 0.6 is 0 Å². The van der Waals surface area contributed by atoms with Crippen molar-refractivity contribution in [2.24, 2.45) is 0 Å². The summed E-state index contributed by atoms with van der Waals surface area (Å²) in [4.78, 5) is 20.8. The quantitative estimate of drug-likeness (QED) is 0.477. The number of nitrogen functional groups attached to an aromatic ring is 2. The molecule has 1 rings (SSSR count). The van der Waals surface area contributed by atoms with Crippen LogP contribution in [0.4, 0.5) is 41.6 Å². The van der Waals surface area contributed by atoms with E-state index >= 15 is 0 Å². The molecule has 0 saturated carbocycles. The Hall–Kier alpha value is -2.79. The van der Waals surface area contributed by atoms with Crippen LogP contribution in [0.3, 0.4) is 0 Å². The van der Waals surface area contributed by atoms with Crippen molar-refractivity contribution in [1.82, 2.24) is 0 Å². The maximum absolute atomic E-state index is 13.4. The molecule has 0 aliphatic carbocycles. The Kier molecular flexibility index (Phi) is 4.87. The molecular formula is C11H14F3N5O4. The molecule has 4 N–H and O–H groups in total. The standard InChI is InChI=1S/C11H14F3N5O4/c1-3-17(4-2)8-5(11(12,13)14)6(15)9(18(20)21)7(16)10(8)19(22)23/h3-4,15-16H2,1-2H3. The molecule has 0 saturated heterocycles. The Labute approximate surface area is 127 Å². The van der Waals surface area contributed by atoms with Crippen LogP contribution < -0.4 is 16.4 Å². The summed E-state index contributed by atoms with van der Waals surface area (Å²) in [5.74, 6) is 0. The molecule has 0 amide bonds. The molecule has 0 bridgehead atoms. The van der Waals surface area contributed by atoms with Gasteiger partial charge in [0.2, 0.25) is 0 Å². The van der Waals surface area contributed by atoms with Crippen LogP contribution in [0.25, 0.3) is 0 Å². The Morgan fingerprint density at radius 1 is 1.00 bits per heavy atom. The van der Waals surface area contributed by atoms with E-state index in [1.54, 1.807) is 0 Å². The molecule has 1 aromatic rings. The minimum absolute atomic E-state index is 0.0168. The molecule has 0 fully saturated rings. The molecule has 0 aromatic heterocycles.